The van der Waals surface area contributed by atoms with E-state index in [1.54, 1.807) is 42.5 Å². The lowest BCUT2D eigenvalue weighted by molar-refractivity contribution is -0.142. The number of rotatable bonds is 7. The first-order valence-electron chi connectivity index (χ1n) is 9.53. The quantitative estimate of drug-likeness (QED) is 0.320. The number of amides is 1. The van der Waals surface area contributed by atoms with Crippen LogP contribution in [-0.2, 0) is 14.3 Å². The largest absolute Gasteiger partial charge is 0.452 e. The Hall–Kier alpha value is -3.70. The van der Waals surface area contributed by atoms with Crippen LogP contribution in [0.3, 0.4) is 0 Å². The number of hydrogen-bond donors (Lipinski definition) is 1. The third-order valence-electron chi connectivity index (χ3n) is 4.37. The molecule has 0 unspecified atom stereocenters. The fourth-order valence-corrected chi connectivity index (χ4v) is 2.94. The van der Waals surface area contributed by atoms with Crippen molar-refractivity contribution in [1.29, 1.82) is 0 Å². The molecule has 0 bridgehead atoms. The minimum Gasteiger partial charge on any atom is -0.452 e. The van der Waals surface area contributed by atoms with Crippen molar-refractivity contribution < 1.29 is 19.1 Å². The average Bonchev–Trinajstić information content (AvgIpc) is 2.78. The van der Waals surface area contributed by atoms with E-state index in [1.807, 2.05) is 31.2 Å². The third kappa shape index (κ3) is 6.39. The lowest BCUT2D eigenvalue weighted by Gasteiger charge is -2.11. The Morgan fingerprint density at radius 3 is 2.39 bits per heavy atom. The van der Waals surface area contributed by atoms with Crippen molar-refractivity contribution in [1.82, 2.24) is 0 Å². The zero-order valence-corrected chi connectivity index (χ0v) is 17.6. The van der Waals surface area contributed by atoms with Gasteiger partial charge in [0.25, 0.3) is 5.91 Å². The second-order valence-corrected chi connectivity index (χ2v) is 7.22. The number of ketones is 1. The van der Waals surface area contributed by atoms with Crippen LogP contribution in [0.2, 0.25) is 5.02 Å². The van der Waals surface area contributed by atoms with Crippen molar-refractivity contribution in [3.05, 3.63) is 106 Å². The Balaban J connectivity index is 1.62. The lowest BCUT2D eigenvalue weighted by atomic mass is 10.0. The van der Waals surface area contributed by atoms with Crippen LogP contribution in [0, 0.1) is 6.92 Å². The summed E-state index contributed by atoms with van der Waals surface area (Å²) in [7, 11) is 0. The fourth-order valence-electron chi connectivity index (χ4n) is 2.77. The van der Waals surface area contributed by atoms with Gasteiger partial charge in [0.1, 0.15) is 0 Å². The van der Waals surface area contributed by atoms with Gasteiger partial charge in [-0.3, -0.25) is 9.59 Å². The molecule has 0 aromatic heterocycles. The topological polar surface area (TPSA) is 72.5 Å². The molecule has 0 saturated heterocycles. The van der Waals surface area contributed by atoms with E-state index in [0.29, 0.717) is 10.6 Å². The molecule has 3 aromatic carbocycles. The van der Waals surface area contributed by atoms with E-state index in [2.05, 4.69) is 5.32 Å². The van der Waals surface area contributed by atoms with Gasteiger partial charge in [-0.25, -0.2) is 4.79 Å². The predicted molar refractivity (Wildman–Crippen MR) is 121 cm³/mol. The zero-order chi connectivity index (χ0) is 22.2. The number of benzene rings is 3. The summed E-state index contributed by atoms with van der Waals surface area (Å²) in [6.07, 6.45) is 2.86. The molecule has 0 aliphatic carbocycles. The van der Waals surface area contributed by atoms with E-state index < -0.39 is 18.5 Å². The van der Waals surface area contributed by atoms with Crippen LogP contribution in [-0.4, -0.2) is 24.3 Å². The van der Waals surface area contributed by atoms with Gasteiger partial charge >= 0.3 is 5.97 Å². The fraction of sp³-hybridized carbons (Fsp3) is 0.0800. The number of halogens is 1. The van der Waals surface area contributed by atoms with Crippen molar-refractivity contribution in [3.63, 3.8) is 0 Å². The standard InChI is InChI=1S/C25H20ClNO4/c1-17-7-9-18(10-8-17)11-14-24(29)31-16-23(28)27-22-13-12-20(26)15-21(22)25(30)19-5-3-2-4-6-19/h2-15H,16H2,1H3,(H,27,28)/b14-11+. The zero-order valence-electron chi connectivity index (χ0n) is 16.8. The van der Waals surface area contributed by atoms with Gasteiger partial charge in [-0.2, -0.15) is 0 Å². The van der Waals surface area contributed by atoms with Crippen LogP contribution in [0.25, 0.3) is 6.08 Å². The molecule has 0 radical (unpaired) electrons. The maximum absolute atomic E-state index is 12.8. The van der Waals surface area contributed by atoms with Gasteiger partial charge in [0.15, 0.2) is 12.4 Å². The number of hydrogen-bond acceptors (Lipinski definition) is 4. The predicted octanol–water partition coefficient (Wildman–Crippen LogP) is 5.07. The molecule has 0 spiro atoms. The minimum absolute atomic E-state index is 0.248. The van der Waals surface area contributed by atoms with Gasteiger partial charge in [0.05, 0.1) is 5.69 Å². The number of esters is 1. The molecule has 5 nitrogen and oxygen atoms in total. The molecule has 0 aliphatic heterocycles. The highest BCUT2D eigenvalue weighted by molar-refractivity contribution is 6.31. The van der Waals surface area contributed by atoms with Crippen molar-refractivity contribution in [2.45, 2.75) is 6.92 Å². The molecule has 0 saturated carbocycles. The highest BCUT2D eigenvalue weighted by atomic mass is 35.5. The van der Waals surface area contributed by atoms with Crippen LogP contribution >= 0.6 is 11.6 Å². The molecule has 31 heavy (non-hydrogen) atoms. The summed E-state index contributed by atoms with van der Waals surface area (Å²) in [5.74, 6) is -1.50. The van der Waals surface area contributed by atoms with E-state index in [0.717, 1.165) is 11.1 Å². The maximum Gasteiger partial charge on any atom is 0.331 e. The van der Waals surface area contributed by atoms with Gasteiger partial charge in [-0.15, -0.1) is 0 Å². The Labute approximate surface area is 185 Å². The van der Waals surface area contributed by atoms with E-state index >= 15 is 0 Å². The van der Waals surface area contributed by atoms with Gasteiger partial charge in [0.2, 0.25) is 0 Å². The molecule has 3 rings (SSSR count). The molecule has 0 fully saturated rings. The van der Waals surface area contributed by atoms with Crippen LogP contribution in [0.15, 0.2) is 78.9 Å². The molecule has 6 heteroatoms. The molecular formula is C25H20ClNO4. The first-order valence-corrected chi connectivity index (χ1v) is 9.91. The Kier molecular flexibility index (Phi) is 7.35. The van der Waals surface area contributed by atoms with Gasteiger partial charge in [-0.05, 0) is 36.8 Å². The Morgan fingerprint density at radius 2 is 1.68 bits per heavy atom. The van der Waals surface area contributed by atoms with Crippen LogP contribution in [0.5, 0.6) is 0 Å². The summed E-state index contributed by atoms with van der Waals surface area (Å²) in [4.78, 5) is 37.0. The summed E-state index contributed by atoms with van der Waals surface area (Å²) in [6, 6.07) is 20.9. The number of aryl methyl sites for hydroxylation is 1. The molecule has 1 N–H and O–H groups in total. The van der Waals surface area contributed by atoms with Crippen LogP contribution < -0.4 is 5.32 Å². The van der Waals surface area contributed by atoms with E-state index in [9.17, 15) is 14.4 Å². The van der Waals surface area contributed by atoms with E-state index in [1.165, 1.54) is 18.2 Å². The first kappa shape index (κ1) is 22.0. The van der Waals surface area contributed by atoms with Crippen LogP contribution in [0.4, 0.5) is 5.69 Å². The molecule has 0 heterocycles. The first-order chi connectivity index (χ1) is 14.9. The van der Waals surface area contributed by atoms with Crippen molar-refractivity contribution in [2.75, 3.05) is 11.9 Å². The smallest absolute Gasteiger partial charge is 0.331 e. The molecule has 0 aliphatic rings. The second kappa shape index (κ2) is 10.4. The van der Waals surface area contributed by atoms with Gasteiger partial charge < -0.3 is 10.1 Å². The lowest BCUT2D eigenvalue weighted by Crippen LogP contribution is -2.21. The highest BCUT2D eigenvalue weighted by Gasteiger charge is 2.16. The van der Waals surface area contributed by atoms with E-state index in [4.69, 9.17) is 16.3 Å². The highest BCUT2D eigenvalue weighted by Crippen LogP contribution is 2.23. The molecule has 1 amide bonds. The van der Waals surface area contributed by atoms with Crippen molar-refractivity contribution in [3.8, 4) is 0 Å². The number of ether oxygens (including phenoxy) is 1. The van der Waals surface area contributed by atoms with Crippen LogP contribution in [0.1, 0.15) is 27.0 Å². The van der Waals surface area contributed by atoms with E-state index in [-0.39, 0.29) is 17.0 Å². The van der Waals surface area contributed by atoms with Gasteiger partial charge in [-0.1, -0.05) is 71.8 Å². The van der Waals surface area contributed by atoms with Crippen molar-refractivity contribution >= 4 is 41.0 Å². The number of nitrogens with one attached hydrogen (secondary N) is 1. The monoisotopic (exact) mass is 433 g/mol. The third-order valence-corrected chi connectivity index (χ3v) is 4.61. The maximum atomic E-state index is 12.8. The summed E-state index contributed by atoms with van der Waals surface area (Å²) >= 11 is 6.04. The number of carbonyl (C=O) groups excluding carboxylic acids is 3. The second-order valence-electron chi connectivity index (χ2n) is 6.78. The molecule has 0 atom stereocenters. The van der Waals surface area contributed by atoms with Gasteiger partial charge in [0, 0.05) is 22.2 Å². The molecular weight excluding hydrogens is 414 g/mol. The van der Waals surface area contributed by atoms with Crippen molar-refractivity contribution in [2.24, 2.45) is 0 Å². The Morgan fingerprint density at radius 1 is 0.968 bits per heavy atom. The number of anilines is 1. The normalized spacial score (nSPS) is 10.6. The summed E-state index contributed by atoms with van der Waals surface area (Å²) in [6.45, 7) is 1.48. The molecule has 156 valence electrons. The average molecular weight is 434 g/mol. The summed E-state index contributed by atoms with van der Waals surface area (Å²) in [5, 5.41) is 2.97. The summed E-state index contributed by atoms with van der Waals surface area (Å²) < 4.78 is 4.98. The Bertz CT molecular complexity index is 1120. The summed E-state index contributed by atoms with van der Waals surface area (Å²) in [5.41, 5.74) is 2.96. The SMILES string of the molecule is Cc1ccc(/C=C/C(=O)OCC(=O)Nc2ccc(Cl)cc2C(=O)c2ccccc2)cc1. The minimum atomic E-state index is -0.646. The number of carbonyl (C=O) groups is 3. The molecule has 3 aromatic rings.